The maximum atomic E-state index is 12.4. The number of amides is 1. The van der Waals surface area contributed by atoms with Crippen LogP contribution in [0.4, 0.5) is 5.69 Å². The highest BCUT2D eigenvalue weighted by Crippen LogP contribution is 2.23. The number of nitrogens with one attached hydrogen (secondary N) is 1. The van der Waals surface area contributed by atoms with Gasteiger partial charge in [0.05, 0.1) is 18.4 Å². The van der Waals surface area contributed by atoms with E-state index in [1.807, 2.05) is 30.3 Å². The van der Waals surface area contributed by atoms with E-state index in [2.05, 4.69) is 5.32 Å². The van der Waals surface area contributed by atoms with Gasteiger partial charge < -0.3 is 19.5 Å². The molecule has 1 amide bonds. The molecule has 0 saturated heterocycles. The van der Waals surface area contributed by atoms with Gasteiger partial charge in [-0.05, 0) is 48.9 Å². The quantitative estimate of drug-likeness (QED) is 0.560. The van der Waals surface area contributed by atoms with Gasteiger partial charge in [-0.1, -0.05) is 42.5 Å². The van der Waals surface area contributed by atoms with Crippen molar-refractivity contribution in [1.29, 1.82) is 0 Å². The summed E-state index contributed by atoms with van der Waals surface area (Å²) >= 11 is 0. The van der Waals surface area contributed by atoms with Crippen molar-refractivity contribution in [1.82, 2.24) is 0 Å². The molecule has 1 atom stereocenters. The molecule has 0 radical (unpaired) electrons. The van der Waals surface area contributed by atoms with Crippen molar-refractivity contribution in [2.45, 2.75) is 19.6 Å². The van der Waals surface area contributed by atoms with Gasteiger partial charge in [-0.3, -0.25) is 4.79 Å². The number of hydrogen-bond acceptors (Lipinski definition) is 5. The summed E-state index contributed by atoms with van der Waals surface area (Å²) < 4.78 is 16.2. The van der Waals surface area contributed by atoms with Crippen molar-refractivity contribution in [2.75, 3.05) is 12.4 Å². The van der Waals surface area contributed by atoms with Crippen LogP contribution in [0, 0.1) is 0 Å². The maximum Gasteiger partial charge on any atom is 0.338 e. The largest absolute Gasteiger partial charge is 0.495 e. The molecule has 154 valence electrons. The summed E-state index contributed by atoms with van der Waals surface area (Å²) in [5.41, 5.74) is 1.78. The molecule has 30 heavy (non-hydrogen) atoms. The van der Waals surface area contributed by atoms with E-state index in [-0.39, 0.29) is 0 Å². The lowest BCUT2D eigenvalue weighted by atomic mass is 10.1. The molecule has 0 saturated carbocycles. The zero-order chi connectivity index (χ0) is 21.3. The lowest BCUT2D eigenvalue weighted by Gasteiger charge is -2.15. The van der Waals surface area contributed by atoms with Crippen LogP contribution in [-0.2, 0) is 16.1 Å². The molecule has 0 aliphatic heterocycles. The normalized spacial score (nSPS) is 11.3. The van der Waals surface area contributed by atoms with E-state index in [9.17, 15) is 9.59 Å². The van der Waals surface area contributed by atoms with Crippen LogP contribution in [0.3, 0.4) is 0 Å². The van der Waals surface area contributed by atoms with Gasteiger partial charge in [0.2, 0.25) is 0 Å². The van der Waals surface area contributed by atoms with Crippen LogP contribution < -0.4 is 14.8 Å². The molecule has 3 rings (SSSR count). The maximum absolute atomic E-state index is 12.4. The zero-order valence-electron chi connectivity index (χ0n) is 16.8. The van der Waals surface area contributed by atoms with Gasteiger partial charge in [0, 0.05) is 0 Å². The second kappa shape index (κ2) is 10.1. The van der Waals surface area contributed by atoms with Crippen LogP contribution in [0.5, 0.6) is 11.5 Å². The molecule has 3 aromatic rings. The lowest BCUT2D eigenvalue weighted by molar-refractivity contribution is -0.123. The van der Waals surface area contributed by atoms with Crippen molar-refractivity contribution in [3.05, 3.63) is 90.0 Å². The fraction of sp³-hybridized carbons (Fsp3) is 0.167. The first-order chi connectivity index (χ1) is 14.6. The number of anilines is 1. The highest BCUT2D eigenvalue weighted by atomic mass is 16.5. The highest BCUT2D eigenvalue weighted by molar-refractivity contribution is 5.98. The van der Waals surface area contributed by atoms with Crippen LogP contribution in [-0.4, -0.2) is 25.1 Å². The van der Waals surface area contributed by atoms with Crippen LogP contribution in [0.1, 0.15) is 22.8 Å². The Kier molecular flexibility index (Phi) is 7.05. The van der Waals surface area contributed by atoms with E-state index >= 15 is 0 Å². The van der Waals surface area contributed by atoms with Gasteiger partial charge >= 0.3 is 5.97 Å². The summed E-state index contributed by atoms with van der Waals surface area (Å²) in [5.74, 6) is 0.280. The fourth-order valence-corrected chi connectivity index (χ4v) is 2.68. The molecule has 1 N–H and O–H groups in total. The Hall–Kier alpha value is -3.80. The Morgan fingerprint density at radius 2 is 1.57 bits per heavy atom. The van der Waals surface area contributed by atoms with Gasteiger partial charge in [-0.15, -0.1) is 0 Å². The Bertz CT molecular complexity index is 986. The number of ether oxygens (including phenoxy) is 3. The smallest absolute Gasteiger partial charge is 0.338 e. The standard InChI is InChI=1S/C24H23NO5/c1-17(23(26)25-21-10-6-7-11-22(21)28-2)30-24(27)19-14-12-18(13-15-19)16-29-20-8-4-3-5-9-20/h3-15,17H,16H2,1-2H3,(H,25,26)/t17-/m0/s1. The third-order valence-corrected chi connectivity index (χ3v) is 4.36. The third kappa shape index (κ3) is 5.61. The van der Waals surface area contributed by atoms with Gasteiger partial charge in [0.1, 0.15) is 18.1 Å². The molecule has 0 aliphatic rings. The van der Waals surface area contributed by atoms with Crippen molar-refractivity contribution < 1.29 is 23.8 Å². The number of carbonyl (C=O) groups excluding carboxylic acids is 2. The van der Waals surface area contributed by atoms with Crippen LogP contribution in [0.2, 0.25) is 0 Å². The number of hydrogen-bond donors (Lipinski definition) is 1. The lowest BCUT2D eigenvalue weighted by Crippen LogP contribution is -2.30. The third-order valence-electron chi connectivity index (χ3n) is 4.36. The molecule has 6 heteroatoms. The van der Waals surface area contributed by atoms with E-state index in [1.165, 1.54) is 14.0 Å². The SMILES string of the molecule is COc1ccccc1NC(=O)[C@H](C)OC(=O)c1ccc(COc2ccccc2)cc1. The summed E-state index contributed by atoms with van der Waals surface area (Å²) in [6.07, 6.45) is -0.969. The number of rotatable bonds is 8. The van der Waals surface area contributed by atoms with Gasteiger partial charge in [-0.25, -0.2) is 4.79 Å². The first-order valence-electron chi connectivity index (χ1n) is 9.48. The fourth-order valence-electron chi connectivity index (χ4n) is 2.68. The minimum absolute atomic E-state index is 0.357. The number of methoxy groups -OCH3 is 1. The zero-order valence-corrected chi connectivity index (χ0v) is 16.8. The van der Waals surface area contributed by atoms with E-state index in [4.69, 9.17) is 14.2 Å². The van der Waals surface area contributed by atoms with Gasteiger partial charge in [-0.2, -0.15) is 0 Å². The summed E-state index contributed by atoms with van der Waals surface area (Å²) in [4.78, 5) is 24.7. The van der Waals surface area contributed by atoms with Crippen molar-refractivity contribution in [2.24, 2.45) is 0 Å². The monoisotopic (exact) mass is 405 g/mol. The molecular weight excluding hydrogens is 382 g/mol. The minimum atomic E-state index is -0.969. The summed E-state index contributed by atoms with van der Waals surface area (Å²) in [5, 5.41) is 2.70. The van der Waals surface area contributed by atoms with Gasteiger partial charge in [0.25, 0.3) is 5.91 Å². The van der Waals surface area contributed by atoms with Gasteiger partial charge in [0.15, 0.2) is 6.10 Å². The number of para-hydroxylation sites is 3. The topological polar surface area (TPSA) is 73.9 Å². The number of benzene rings is 3. The Balaban J connectivity index is 1.53. The Morgan fingerprint density at radius 3 is 2.27 bits per heavy atom. The van der Waals surface area contributed by atoms with Crippen molar-refractivity contribution in [3.8, 4) is 11.5 Å². The first-order valence-corrected chi connectivity index (χ1v) is 9.48. The Labute approximate surface area is 175 Å². The van der Waals surface area contributed by atoms with Crippen molar-refractivity contribution >= 4 is 17.6 Å². The highest BCUT2D eigenvalue weighted by Gasteiger charge is 2.20. The van der Waals surface area contributed by atoms with Crippen LogP contribution in [0.15, 0.2) is 78.9 Å². The molecule has 0 fully saturated rings. The van der Waals surface area contributed by atoms with Crippen molar-refractivity contribution in [3.63, 3.8) is 0 Å². The molecule has 0 heterocycles. The van der Waals surface area contributed by atoms with Crippen LogP contribution >= 0.6 is 0 Å². The molecule has 0 aromatic heterocycles. The molecular formula is C24H23NO5. The Morgan fingerprint density at radius 1 is 0.900 bits per heavy atom. The average Bonchev–Trinajstić information content (AvgIpc) is 2.79. The molecule has 6 nitrogen and oxygen atoms in total. The number of esters is 1. The number of carbonyl (C=O) groups is 2. The van der Waals surface area contributed by atoms with Crippen LogP contribution in [0.25, 0.3) is 0 Å². The average molecular weight is 405 g/mol. The summed E-state index contributed by atoms with van der Waals surface area (Å²) in [7, 11) is 1.52. The predicted molar refractivity (Wildman–Crippen MR) is 114 cm³/mol. The molecule has 0 bridgehead atoms. The first kappa shape index (κ1) is 20.9. The predicted octanol–water partition coefficient (Wildman–Crippen LogP) is 4.46. The summed E-state index contributed by atoms with van der Waals surface area (Å²) in [6.45, 7) is 1.90. The second-order valence-electron chi connectivity index (χ2n) is 6.54. The summed E-state index contributed by atoms with van der Waals surface area (Å²) in [6, 6.07) is 23.4. The molecule has 3 aromatic carbocycles. The van der Waals surface area contributed by atoms with E-state index in [0.29, 0.717) is 23.6 Å². The molecule has 0 spiro atoms. The van der Waals surface area contributed by atoms with E-state index in [0.717, 1.165) is 11.3 Å². The second-order valence-corrected chi connectivity index (χ2v) is 6.54. The molecule has 0 unspecified atom stereocenters. The minimum Gasteiger partial charge on any atom is -0.495 e. The molecule has 0 aliphatic carbocycles. The van der Waals surface area contributed by atoms with E-state index in [1.54, 1.807) is 48.5 Å². The van der Waals surface area contributed by atoms with E-state index < -0.39 is 18.0 Å².